The molecule has 2 aromatic rings. The van der Waals surface area contributed by atoms with E-state index in [-0.39, 0.29) is 29.5 Å². The van der Waals surface area contributed by atoms with E-state index in [9.17, 15) is 9.18 Å². The molecule has 0 aliphatic carbocycles. The predicted octanol–water partition coefficient (Wildman–Crippen LogP) is 2.06. The maximum atomic E-state index is 14.1. The van der Waals surface area contributed by atoms with E-state index in [0.717, 1.165) is 10.8 Å². The van der Waals surface area contributed by atoms with Crippen molar-refractivity contribution in [2.24, 2.45) is 0 Å². The Balaban J connectivity index is 2.39. The number of nitrogens with zero attached hydrogens (tertiary/aromatic N) is 2. The van der Waals surface area contributed by atoms with Crippen LogP contribution < -0.4 is 5.32 Å². The van der Waals surface area contributed by atoms with E-state index in [1.807, 2.05) is 13.8 Å². The van der Waals surface area contributed by atoms with Crippen molar-refractivity contribution < 1.29 is 14.3 Å². The summed E-state index contributed by atoms with van der Waals surface area (Å²) in [7, 11) is 0. The molecule has 102 valence electrons. The van der Waals surface area contributed by atoms with Gasteiger partial charge in [-0.05, 0) is 25.5 Å². The van der Waals surface area contributed by atoms with Gasteiger partial charge in [0.2, 0.25) is 5.95 Å². The van der Waals surface area contributed by atoms with Crippen LogP contribution >= 0.6 is 0 Å². The highest BCUT2D eigenvalue weighted by Gasteiger charge is 2.17. The number of carboxylic acid groups (broad SMARTS) is 1. The van der Waals surface area contributed by atoms with Gasteiger partial charge in [-0.3, -0.25) is 4.40 Å². The zero-order valence-corrected chi connectivity index (χ0v) is 10.9. The van der Waals surface area contributed by atoms with Gasteiger partial charge >= 0.3 is 5.97 Å². The number of rotatable bonds is 5. The fourth-order valence-electron chi connectivity index (χ4n) is 1.78. The molecule has 0 aliphatic rings. The van der Waals surface area contributed by atoms with Crippen molar-refractivity contribution in [1.82, 2.24) is 14.7 Å². The molecule has 0 aliphatic heterocycles. The minimum atomic E-state index is -1.11. The maximum absolute atomic E-state index is 14.1. The van der Waals surface area contributed by atoms with Crippen molar-refractivity contribution in [2.45, 2.75) is 32.9 Å². The van der Waals surface area contributed by atoms with Gasteiger partial charge < -0.3 is 10.4 Å². The van der Waals surface area contributed by atoms with Gasteiger partial charge in [0, 0.05) is 18.8 Å². The molecule has 0 radical (unpaired) electrons. The van der Waals surface area contributed by atoms with E-state index in [2.05, 4.69) is 10.3 Å². The largest absolute Gasteiger partial charge is 0.478 e. The molecular weight excluding hydrogens is 249 g/mol. The van der Waals surface area contributed by atoms with Gasteiger partial charge in [0.15, 0.2) is 5.65 Å². The van der Waals surface area contributed by atoms with E-state index in [0.29, 0.717) is 0 Å². The highest BCUT2D eigenvalue weighted by Crippen LogP contribution is 2.15. The molecule has 0 unspecified atom stereocenters. The van der Waals surface area contributed by atoms with Gasteiger partial charge in [0.25, 0.3) is 0 Å². The van der Waals surface area contributed by atoms with Crippen LogP contribution in [0.25, 0.3) is 5.65 Å². The van der Waals surface area contributed by atoms with E-state index < -0.39 is 11.9 Å². The number of aromatic carboxylic acids is 1. The lowest BCUT2D eigenvalue weighted by molar-refractivity contribution is 0.0698. The fraction of sp³-hybridized carbons (Fsp3) is 0.385. The summed E-state index contributed by atoms with van der Waals surface area (Å²) >= 11 is 0. The van der Waals surface area contributed by atoms with Crippen LogP contribution in [0.2, 0.25) is 0 Å². The first-order valence-electron chi connectivity index (χ1n) is 6.16. The Morgan fingerprint density at radius 1 is 1.63 bits per heavy atom. The third-order valence-electron chi connectivity index (χ3n) is 3.12. The molecule has 0 aromatic carbocycles. The van der Waals surface area contributed by atoms with Crippen molar-refractivity contribution in [3.05, 3.63) is 35.5 Å². The summed E-state index contributed by atoms with van der Waals surface area (Å²) in [5.74, 6) is -1.63. The summed E-state index contributed by atoms with van der Waals surface area (Å²) in [6, 6.07) is 3.16. The number of imidazole rings is 1. The average molecular weight is 265 g/mol. The van der Waals surface area contributed by atoms with Crippen molar-refractivity contribution in [2.75, 3.05) is 0 Å². The highest BCUT2D eigenvalue weighted by molar-refractivity contribution is 5.94. The molecule has 0 saturated carbocycles. The van der Waals surface area contributed by atoms with Crippen molar-refractivity contribution >= 4 is 11.6 Å². The van der Waals surface area contributed by atoms with Crippen LogP contribution in [0.15, 0.2) is 18.3 Å². The lowest BCUT2D eigenvalue weighted by Gasteiger charge is -2.08. The normalized spacial score (nSPS) is 12.8. The quantitative estimate of drug-likeness (QED) is 0.868. The summed E-state index contributed by atoms with van der Waals surface area (Å²) in [6.07, 6.45) is 2.40. The number of fused-ring (bicyclic) bond motifs is 1. The molecule has 0 amide bonds. The molecule has 0 spiro atoms. The highest BCUT2D eigenvalue weighted by atomic mass is 19.1. The van der Waals surface area contributed by atoms with E-state index >= 15 is 0 Å². The second-order valence-electron chi connectivity index (χ2n) is 4.46. The van der Waals surface area contributed by atoms with Gasteiger partial charge in [-0.2, -0.15) is 4.39 Å². The van der Waals surface area contributed by atoms with Gasteiger partial charge in [-0.15, -0.1) is 0 Å². The fourth-order valence-corrected chi connectivity index (χ4v) is 1.78. The summed E-state index contributed by atoms with van der Waals surface area (Å²) in [5, 5.41) is 12.2. The minimum absolute atomic E-state index is 0.00353. The first kappa shape index (κ1) is 13.5. The molecule has 0 bridgehead atoms. The molecule has 1 atom stereocenters. The smallest absolute Gasteiger partial charge is 0.339 e. The summed E-state index contributed by atoms with van der Waals surface area (Å²) in [5.41, 5.74) is 0.360. The predicted molar refractivity (Wildman–Crippen MR) is 68.7 cm³/mol. The molecule has 5 nitrogen and oxygen atoms in total. The summed E-state index contributed by atoms with van der Waals surface area (Å²) in [4.78, 5) is 15.1. The van der Waals surface area contributed by atoms with Crippen molar-refractivity contribution in [3.8, 4) is 0 Å². The third-order valence-corrected chi connectivity index (χ3v) is 3.12. The number of hydrogen-bond acceptors (Lipinski definition) is 3. The Labute approximate surface area is 110 Å². The molecule has 2 heterocycles. The first-order valence-corrected chi connectivity index (χ1v) is 6.16. The van der Waals surface area contributed by atoms with Crippen LogP contribution in [0.1, 0.15) is 36.3 Å². The second-order valence-corrected chi connectivity index (χ2v) is 4.46. The van der Waals surface area contributed by atoms with E-state index in [1.54, 1.807) is 0 Å². The standard InChI is InChI=1S/C13H16FN3O2/c1-3-8(2)15-7-10-11(14)17-6-4-5-9(13(18)19)12(17)16-10/h4-6,8,15H,3,7H2,1-2H3,(H,18,19)/t8-/m0/s1. The number of carboxylic acids is 1. The molecule has 0 saturated heterocycles. The Hall–Kier alpha value is -1.95. The lowest BCUT2D eigenvalue weighted by atomic mass is 10.2. The maximum Gasteiger partial charge on any atom is 0.339 e. The summed E-state index contributed by atoms with van der Waals surface area (Å²) < 4.78 is 15.3. The average Bonchev–Trinajstić information content (AvgIpc) is 2.72. The second kappa shape index (κ2) is 5.36. The SMILES string of the molecule is CC[C@H](C)NCc1nc2c(C(=O)O)cccn2c1F. The molecule has 19 heavy (non-hydrogen) atoms. The van der Waals surface area contributed by atoms with Crippen molar-refractivity contribution in [1.29, 1.82) is 0 Å². The molecular formula is C13H16FN3O2. The third kappa shape index (κ3) is 2.58. The van der Waals surface area contributed by atoms with Gasteiger partial charge in [0.1, 0.15) is 11.3 Å². The lowest BCUT2D eigenvalue weighted by Crippen LogP contribution is -2.25. The van der Waals surface area contributed by atoms with Gasteiger partial charge in [0.05, 0.1) is 0 Å². The van der Waals surface area contributed by atoms with Crippen LogP contribution in [0, 0.1) is 5.95 Å². The number of pyridine rings is 1. The number of nitrogens with one attached hydrogen (secondary N) is 1. The molecule has 2 rings (SSSR count). The minimum Gasteiger partial charge on any atom is -0.478 e. The van der Waals surface area contributed by atoms with Crippen LogP contribution in [-0.2, 0) is 6.54 Å². The van der Waals surface area contributed by atoms with E-state index in [4.69, 9.17) is 5.11 Å². The topological polar surface area (TPSA) is 66.6 Å². The Morgan fingerprint density at radius 2 is 2.37 bits per heavy atom. The van der Waals surface area contributed by atoms with Gasteiger partial charge in [-0.25, -0.2) is 9.78 Å². The zero-order valence-electron chi connectivity index (χ0n) is 10.9. The number of carbonyl (C=O) groups is 1. The van der Waals surface area contributed by atoms with Crippen LogP contribution in [0.4, 0.5) is 4.39 Å². The Kier molecular flexibility index (Phi) is 3.80. The Morgan fingerprint density at radius 3 is 3.00 bits per heavy atom. The van der Waals surface area contributed by atoms with Crippen LogP contribution in [-0.4, -0.2) is 26.5 Å². The van der Waals surface area contributed by atoms with E-state index in [1.165, 1.54) is 18.3 Å². The molecule has 2 aromatic heterocycles. The van der Waals surface area contributed by atoms with Crippen molar-refractivity contribution in [3.63, 3.8) is 0 Å². The van der Waals surface area contributed by atoms with Crippen LogP contribution in [0.5, 0.6) is 0 Å². The number of halogens is 1. The number of aromatic nitrogens is 2. The first-order chi connectivity index (χ1) is 9.04. The zero-order chi connectivity index (χ0) is 14.0. The van der Waals surface area contributed by atoms with Crippen LogP contribution in [0.3, 0.4) is 0 Å². The summed E-state index contributed by atoms with van der Waals surface area (Å²) in [6.45, 7) is 4.30. The molecule has 0 fully saturated rings. The monoisotopic (exact) mass is 265 g/mol. The number of hydrogen-bond donors (Lipinski definition) is 2. The Bertz CT molecular complexity index is 609. The molecule has 2 N–H and O–H groups in total. The van der Waals surface area contributed by atoms with Gasteiger partial charge in [-0.1, -0.05) is 6.92 Å². The molecule has 6 heteroatoms.